The molecular weight excluding hydrogens is 925 g/mol. The molecule has 0 spiro atoms. The molecule has 0 amide bonds. The van der Waals surface area contributed by atoms with E-state index in [4.69, 9.17) is 23.7 Å². The molecule has 6 unspecified atom stereocenters. The van der Waals surface area contributed by atoms with E-state index < -0.39 is 67.3 Å². The number of rotatable bonds is 45. The second-order valence-electron chi connectivity index (χ2n) is 18.5. The van der Waals surface area contributed by atoms with Crippen LogP contribution < -0.4 is 0 Å². The molecule has 1 fully saturated rings. The fourth-order valence-corrected chi connectivity index (χ4v) is 7.63. The Morgan fingerprint density at radius 2 is 0.877 bits per heavy atom. The van der Waals surface area contributed by atoms with Crippen molar-refractivity contribution in [3.63, 3.8) is 0 Å². The van der Waals surface area contributed by atoms with Gasteiger partial charge in [0.2, 0.25) is 0 Å². The summed E-state index contributed by atoms with van der Waals surface area (Å²) in [5.41, 5.74) is 0. The SMILES string of the molecule is CC/C=C\C/C=C\C/C=C\C/C=C\C/C=C\CCCC(=O)OC1C(OCC(COC(=O)CCCC/C=C\C/C=C\C/C=C\C/C=C\CC)OC(=O)CCCCCCCCCCCCC)OC(C(=O)O)C(O)C1O. The zero-order valence-corrected chi connectivity index (χ0v) is 45.1. The largest absolute Gasteiger partial charge is 0.479 e. The van der Waals surface area contributed by atoms with Crippen molar-refractivity contribution in [1.82, 2.24) is 0 Å². The Kier molecular flexibility index (Phi) is 44.0. The van der Waals surface area contributed by atoms with E-state index in [-0.39, 0.29) is 25.9 Å². The number of carboxylic acids is 1. The van der Waals surface area contributed by atoms with E-state index in [1.807, 2.05) is 12.2 Å². The fourth-order valence-electron chi connectivity index (χ4n) is 7.63. The molecule has 3 N–H and O–H groups in total. The molecule has 1 heterocycles. The summed E-state index contributed by atoms with van der Waals surface area (Å²) in [7, 11) is 0. The maximum Gasteiger partial charge on any atom is 0.335 e. The maximum atomic E-state index is 13.1. The highest BCUT2D eigenvalue weighted by molar-refractivity contribution is 5.74. The van der Waals surface area contributed by atoms with Gasteiger partial charge in [0.05, 0.1) is 6.61 Å². The van der Waals surface area contributed by atoms with Gasteiger partial charge in [0, 0.05) is 19.3 Å². The summed E-state index contributed by atoms with van der Waals surface area (Å²) in [5, 5.41) is 31.4. The second-order valence-corrected chi connectivity index (χ2v) is 18.5. The number of aliphatic hydroxyl groups excluding tert-OH is 2. The van der Waals surface area contributed by atoms with Crippen molar-refractivity contribution in [3.05, 3.63) is 109 Å². The van der Waals surface area contributed by atoms with Gasteiger partial charge < -0.3 is 39.0 Å². The summed E-state index contributed by atoms with van der Waals surface area (Å²) in [6, 6.07) is 0. The van der Waals surface area contributed by atoms with Crippen molar-refractivity contribution < 1.29 is 58.2 Å². The van der Waals surface area contributed by atoms with Gasteiger partial charge in [0.25, 0.3) is 0 Å². The fraction of sp³-hybridized carbons (Fsp3) is 0.639. The average Bonchev–Trinajstić information content (AvgIpc) is 3.37. The van der Waals surface area contributed by atoms with E-state index in [9.17, 15) is 34.5 Å². The molecule has 0 bridgehead atoms. The van der Waals surface area contributed by atoms with Crippen molar-refractivity contribution in [2.45, 2.75) is 237 Å². The molecule has 0 aromatic carbocycles. The van der Waals surface area contributed by atoms with Gasteiger partial charge in [-0.15, -0.1) is 0 Å². The Hall–Kier alpha value is -4.62. The number of esters is 3. The minimum Gasteiger partial charge on any atom is -0.479 e. The third-order valence-electron chi connectivity index (χ3n) is 11.8. The molecule has 1 aliphatic rings. The number of unbranched alkanes of at least 4 members (excludes halogenated alkanes) is 13. The number of hydrogen-bond donors (Lipinski definition) is 3. The Morgan fingerprint density at radius 3 is 1.36 bits per heavy atom. The van der Waals surface area contributed by atoms with Crippen LogP contribution in [-0.2, 0) is 42.9 Å². The Labute approximate surface area is 440 Å². The summed E-state index contributed by atoms with van der Waals surface area (Å²) in [5.74, 6) is -3.27. The Bertz CT molecular complexity index is 1690. The smallest absolute Gasteiger partial charge is 0.335 e. The lowest BCUT2D eigenvalue weighted by Crippen LogP contribution is -2.61. The minimum absolute atomic E-state index is 0.0264. The van der Waals surface area contributed by atoms with Crippen molar-refractivity contribution in [2.75, 3.05) is 13.2 Å². The number of allylic oxidation sites excluding steroid dienone is 18. The summed E-state index contributed by atoms with van der Waals surface area (Å²) in [6.07, 6.45) is 52.2. The summed E-state index contributed by atoms with van der Waals surface area (Å²) < 4.78 is 28.2. The highest BCUT2D eigenvalue weighted by Crippen LogP contribution is 2.26. The standard InChI is InChI=1S/C61H96O12/c1-4-7-10-13-16-19-22-24-26-27-29-31-34-37-40-43-46-49-55(64)72-59-57(66)56(65)58(60(67)68)73-61(59)70-51-52(71-54(63)48-45-42-39-36-32-21-18-15-12-9-6-3)50-69-53(62)47-44-41-38-35-33-30-28-25-23-20-17-14-11-8-5-2/h7-8,10-11,16-17,19-20,24-26,28-29,31,33,35,37,40,52,56-59,61,65-66H,4-6,9,12-15,18,21-23,27,30,32,34,36,38-39,41-51H2,1-3H3,(H,67,68)/b10-7-,11-8-,19-16-,20-17-,26-24-,28-25-,31-29-,35-33-,40-37-. The molecule has 0 aromatic heterocycles. The number of aliphatic hydroxyl groups is 2. The summed E-state index contributed by atoms with van der Waals surface area (Å²) in [4.78, 5) is 50.9. The van der Waals surface area contributed by atoms with Gasteiger partial charge in [-0.1, -0.05) is 194 Å². The third-order valence-corrected chi connectivity index (χ3v) is 11.8. The molecule has 1 rings (SSSR count). The second kappa shape index (κ2) is 48.3. The van der Waals surface area contributed by atoms with E-state index in [1.165, 1.54) is 44.9 Å². The van der Waals surface area contributed by atoms with Gasteiger partial charge in [-0.3, -0.25) is 14.4 Å². The van der Waals surface area contributed by atoms with Crippen molar-refractivity contribution in [1.29, 1.82) is 0 Å². The highest BCUT2D eigenvalue weighted by Gasteiger charge is 2.50. The van der Waals surface area contributed by atoms with E-state index in [2.05, 4.69) is 118 Å². The molecular formula is C61H96O12. The van der Waals surface area contributed by atoms with Gasteiger partial charge in [0.1, 0.15) is 18.8 Å². The van der Waals surface area contributed by atoms with E-state index in [1.54, 1.807) is 0 Å². The van der Waals surface area contributed by atoms with Crippen LogP contribution in [0.1, 0.15) is 201 Å². The number of carboxylic acid groups (broad SMARTS) is 1. The van der Waals surface area contributed by atoms with Gasteiger partial charge >= 0.3 is 23.9 Å². The monoisotopic (exact) mass is 1020 g/mol. The predicted molar refractivity (Wildman–Crippen MR) is 294 cm³/mol. The Balaban J connectivity index is 2.77. The van der Waals surface area contributed by atoms with Gasteiger partial charge in [0.15, 0.2) is 24.6 Å². The topological polar surface area (TPSA) is 175 Å². The van der Waals surface area contributed by atoms with Crippen LogP contribution >= 0.6 is 0 Å². The average molecular weight is 1020 g/mol. The van der Waals surface area contributed by atoms with Crippen molar-refractivity contribution in [2.24, 2.45) is 0 Å². The lowest BCUT2D eigenvalue weighted by Gasteiger charge is -2.40. The number of carbonyl (C=O) groups excluding carboxylic acids is 3. The summed E-state index contributed by atoms with van der Waals surface area (Å²) in [6.45, 7) is 5.67. The zero-order valence-electron chi connectivity index (χ0n) is 45.1. The van der Waals surface area contributed by atoms with Crippen LogP contribution in [0.5, 0.6) is 0 Å². The minimum atomic E-state index is -1.93. The third kappa shape index (κ3) is 38.6. The Morgan fingerprint density at radius 1 is 0.466 bits per heavy atom. The van der Waals surface area contributed by atoms with Crippen LogP contribution in [0.25, 0.3) is 0 Å². The lowest BCUT2D eigenvalue weighted by atomic mass is 9.98. The quantitative estimate of drug-likeness (QED) is 0.0228. The molecule has 1 aliphatic heterocycles. The van der Waals surface area contributed by atoms with Crippen LogP contribution in [-0.4, -0.2) is 89.2 Å². The van der Waals surface area contributed by atoms with Crippen LogP contribution in [0.2, 0.25) is 0 Å². The van der Waals surface area contributed by atoms with Crippen LogP contribution in [0, 0.1) is 0 Å². The first kappa shape index (κ1) is 66.4. The molecule has 0 saturated carbocycles. The molecule has 1 saturated heterocycles. The molecule has 0 radical (unpaired) electrons. The van der Waals surface area contributed by atoms with E-state index >= 15 is 0 Å². The van der Waals surface area contributed by atoms with E-state index in [0.717, 1.165) is 89.9 Å². The maximum absolute atomic E-state index is 13.1. The number of carbonyl (C=O) groups is 4. The lowest BCUT2D eigenvalue weighted by molar-refractivity contribution is -0.301. The molecule has 12 nitrogen and oxygen atoms in total. The van der Waals surface area contributed by atoms with E-state index in [0.29, 0.717) is 25.7 Å². The number of ether oxygens (including phenoxy) is 5. The molecule has 0 aliphatic carbocycles. The van der Waals surface area contributed by atoms with Crippen LogP contribution in [0.3, 0.4) is 0 Å². The summed E-state index contributed by atoms with van der Waals surface area (Å²) >= 11 is 0. The molecule has 412 valence electrons. The molecule has 0 aromatic rings. The van der Waals surface area contributed by atoms with Crippen molar-refractivity contribution >= 4 is 23.9 Å². The zero-order chi connectivity index (χ0) is 53.3. The molecule has 73 heavy (non-hydrogen) atoms. The first-order valence-corrected chi connectivity index (χ1v) is 27.9. The van der Waals surface area contributed by atoms with Gasteiger partial charge in [-0.05, 0) is 96.3 Å². The predicted octanol–water partition coefficient (Wildman–Crippen LogP) is 13.9. The highest BCUT2D eigenvalue weighted by atomic mass is 16.7. The molecule has 12 heteroatoms. The number of hydrogen-bond acceptors (Lipinski definition) is 11. The number of aliphatic carboxylic acids is 1. The van der Waals surface area contributed by atoms with Gasteiger partial charge in [-0.25, -0.2) is 4.79 Å². The first-order chi connectivity index (χ1) is 35.6. The van der Waals surface area contributed by atoms with Gasteiger partial charge in [-0.2, -0.15) is 0 Å². The van der Waals surface area contributed by atoms with Crippen molar-refractivity contribution in [3.8, 4) is 0 Å². The molecule has 6 atom stereocenters. The normalized spacial score (nSPS) is 19.2. The first-order valence-electron chi connectivity index (χ1n) is 27.9. The van der Waals surface area contributed by atoms with Crippen LogP contribution in [0.15, 0.2) is 109 Å². The van der Waals surface area contributed by atoms with Crippen LogP contribution in [0.4, 0.5) is 0 Å².